The SMILES string of the molecule is NC(=NC1COc2ccccc21)C1CCCC1. The van der Waals surface area contributed by atoms with Gasteiger partial charge < -0.3 is 10.5 Å². The van der Waals surface area contributed by atoms with Crippen LogP contribution in [0.5, 0.6) is 5.75 Å². The molecule has 1 aliphatic heterocycles. The number of benzene rings is 1. The van der Waals surface area contributed by atoms with E-state index in [-0.39, 0.29) is 6.04 Å². The molecule has 1 aromatic rings. The third kappa shape index (κ3) is 2.02. The fraction of sp³-hybridized carbons (Fsp3) is 0.500. The molecule has 2 aliphatic rings. The smallest absolute Gasteiger partial charge is 0.124 e. The first-order valence-corrected chi connectivity index (χ1v) is 6.39. The largest absolute Gasteiger partial charge is 0.491 e. The number of aliphatic imine (C=N–C) groups is 1. The highest BCUT2D eigenvalue weighted by atomic mass is 16.5. The van der Waals surface area contributed by atoms with Gasteiger partial charge in [0, 0.05) is 11.5 Å². The van der Waals surface area contributed by atoms with Crippen LogP contribution in [0.4, 0.5) is 0 Å². The number of hydrogen-bond donors (Lipinski definition) is 1. The van der Waals surface area contributed by atoms with Crippen LogP contribution in [-0.4, -0.2) is 12.4 Å². The summed E-state index contributed by atoms with van der Waals surface area (Å²) in [5, 5.41) is 0. The van der Waals surface area contributed by atoms with E-state index in [9.17, 15) is 0 Å². The van der Waals surface area contributed by atoms with Crippen molar-refractivity contribution in [3.05, 3.63) is 29.8 Å². The molecule has 0 saturated heterocycles. The summed E-state index contributed by atoms with van der Waals surface area (Å²) >= 11 is 0. The van der Waals surface area contributed by atoms with Crippen LogP contribution in [0.3, 0.4) is 0 Å². The van der Waals surface area contributed by atoms with Crippen LogP contribution >= 0.6 is 0 Å². The van der Waals surface area contributed by atoms with E-state index in [1.807, 2.05) is 18.2 Å². The van der Waals surface area contributed by atoms with E-state index in [1.54, 1.807) is 0 Å². The molecule has 1 atom stereocenters. The molecule has 1 fully saturated rings. The van der Waals surface area contributed by atoms with Gasteiger partial charge >= 0.3 is 0 Å². The van der Waals surface area contributed by atoms with Crippen molar-refractivity contribution in [2.75, 3.05) is 6.61 Å². The molecule has 0 aromatic heterocycles. The average molecular weight is 230 g/mol. The fourth-order valence-electron chi connectivity index (χ4n) is 2.76. The third-order valence-corrected chi connectivity index (χ3v) is 3.75. The van der Waals surface area contributed by atoms with Crippen LogP contribution in [-0.2, 0) is 0 Å². The first-order valence-electron chi connectivity index (χ1n) is 6.39. The van der Waals surface area contributed by atoms with Gasteiger partial charge in [0.15, 0.2) is 0 Å². The summed E-state index contributed by atoms with van der Waals surface area (Å²) in [6, 6.07) is 8.20. The van der Waals surface area contributed by atoms with Crippen LogP contribution in [0.2, 0.25) is 0 Å². The number of amidine groups is 1. The summed E-state index contributed by atoms with van der Waals surface area (Å²) in [5.74, 6) is 2.29. The number of rotatable bonds is 2. The molecule has 1 heterocycles. The lowest BCUT2D eigenvalue weighted by Gasteiger charge is -2.11. The van der Waals surface area contributed by atoms with E-state index in [0.29, 0.717) is 12.5 Å². The van der Waals surface area contributed by atoms with Gasteiger partial charge in [-0.3, -0.25) is 4.99 Å². The molecule has 0 amide bonds. The Bertz CT molecular complexity index is 436. The Morgan fingerprint density at radius 3 is 2.82 bits per heavy atom. The first kappa shape index (κ1) is 10.6. The number of nitrogens with zero attached hydrogens (tertiary/aromatic N) is 1. The van der Waals surface area contributed by atoms with Gasteiger partial charge in [-0.25, -0.2) is 0 Å². The Kier molecular flexibility index (Phi) is 2.75. The molecule has 3 heteroatoms. The molecule has 17 heavy (non-hydrogen) atoms. The monoisotopic (exact) mass is 230 g/mol. The van der Waals surface area contributed by atoms with Crippen molar-refractivity contribution < 1.29 is 4.74 Å². The van der Waals surface area contributed by atoms with Crippen LogP contribution in [0.15, 0.2) is 29.3 Å². The normalized spacial score (nSPS) is 24.7. The lowest BCUT2D eigenvalue weighted by atomic mass is 10.1. The van der Waals surface area contributed by atoms with Crippen LogP contribution in [0.25, 0.3) is 0 Å². The molecule has 1 aliphatic carbocycles. The second kappa shape index (κ2) is 4.40. The summed E-state index contributed by atoms with van der Waals surface area (Å²) in [4.78, 5) is 4.67. The predicted octanol–water partition coefficient (Wildman–Crippen LogP) is 2.67. The first-order chi connectivity index (χ1) is 8.34. The summed E-state index contributed by atoms with van der Waals surface area (Å²) in [6.45, 7) is 0.632. The van der Waals surface area contributed by atoms with Crippen LogP contribution < -0.4 is 10.5 Å². The topological polar surface area (TPSA) is 47.6 Å². The maximum absolute atomic E-state index is 6.11. The molecule has 2 N–H and O–H groups in total. The van der Waals surface area contributed by atoms with Crippen molar-refractivity contribution in [2.45, 2.75) is 31.7 Å². The molecule has 0 radical (unpaired) electrons. The number of nitrogens with two attached hydrogens (primary N) is 1. The molecule has 0 bridgehead atoms. The van der Waals surface area contributed by atoms with Crippen LogP contribution in [0.1, 0.15) is 37.3 Å². The highest BCUT2D eigenvalue weighted by Gasteiger charge is 2.25. The average Bonchev–Trinajstić information content (AvgIpc) is 2.98. The standard InChI is InChI=1S/C14H18N2O/c15-14(10-5-1-2-6-10)16-12-9-17-13-8-4-3-7-11(12)13/h3-4,7-8,10,12H,1-2,5-6,9H2,(H2,15,16). The van der Waals surface area contributed by atoms with Crippen molar-refractivity contribution in [1.82, 2.24) is 0 Å². The van der Waals surface area contributed by atoms with Crippen molar-refractivity contribution in [3.63, 3.8) is 0 Å². The Hall–Kier alpha value is -1.51. The van der Waals surface area contributed by atoms with Gasteiger partial charge in [0.25, 0.3) is 0 Å². The fourth-order valence-corrected chi connectivity index (χ4v) is 2.76. The Morgan fingerprint density at radius 2 is 2.00 bits per heavy atom. The van der Waals surface area contributed by atoms with Crippen LogP contribution in [0, 0.1) is 5.92 Å². The highest BCUT2D eigenvalue weighted by Crippen LogP contribution is 2.35. The van der Waals surface area contributed by atoms with Crippen molar-refractivity contribution in [1.29, 1.82) is 0 Å². The van der Waals surface area contributed by atoms with Gasteiger partial charge in [-0.05, 0) is 18.9 Å². The van der Waals surface area contributed by atoms with Gasteiger partial charge in [-0.15, -0.1) is 0 Å². The predicted molar refractivity (Wildman–Crippen MR) is 68.3 cm³/mol. The zero-order valence-electron chi connectivity index (χ0n) is 9.93. The van der Waals surface area contributed by atoms with E-state index in [2.05, 4.69) is 11.1 Å². The molecule has 1 unspecified atom stereocenters. The Balaban J connectivity index is 1.80. The minimum atomic E-state index is 0.104. The van der Waals surface area contributed by atoms with Crippen molar-refractivity contribution in [3.8, 4) is 5.75 Å². The minimum absolute atomic E-state index is 0.104. The quantitative estimate of drug-likeness (QED) is 0.627. The van der Waals surface area contributed by atoms with Crippen molar-refractivity contribution in [2.24, 2.45) is 16.6 Å². The molecule has 0 spiro atoms. The van der Waals surface area contributed by atoms with E-state index < -0.39 is 0 Å². The summed E-state index contributed by atoms with van der Waals surface area (Å²) in [5.41, 5.74) is 7.28. The number of para-hydroxylation sites is 1. The maximum atomic E-state index is 6.11. The second-order valence-electron chi connectivity index (χ2n) is 4.90. The molecule has 3 rings (SSSR count). The van der Waals surface area contributed by atoms with E-state index in [4.69, 9.17) is 10.5 Å². The summed E-state index contributed by atoms with van der Waals surface area (Å²) in [6.07, 6.45) is 4.98. The van der Waals surface area contributed by atoms with Gasteiger partial charge in [0.1, 0.15) is 18.4 Å². The third-order valence-electron chi connectivity index (χ3n) is 3.75. The van der Waals surface area contributed by atoms with Gasteiger partial charge in [-0.1, -0.05) is 31.0 Å². The number of hydrogen-bond acceptors (Lipinski definition) is 2. The summed E-state index contributed by atoms with van der Waals surface area (Å²) < 4.78 is 5.61. The van der Waals surface area contributed by atoms with Gasteiger partial charge in [-0.2, -0.15) is 0 Å². The lowest BCUT2D eigenvalue weighted by molar-refractivity contribution is 0.333. The number of fused-ring (bicyclic) bond motifs is 1. The zero-order valence-corrected chi connectivity index (χ0v) is 9.93. The molecular weight excluding hydrogens is 212 g/mol. The molecule has 1 saturated carbocycles. The number of ether oxygens (including phenoxy) is 1. The molecular formula is C14H18N2O. The lowest BCUT2D eigenvalue weighted by Crippen LogP contribution is -2.22. The maximum Gasteiger partial charge on any atom is 0.124 e. The zero-order chi connectivity index (χ0) is 11.7. The van der Waals surface area contributed by atoms with E-state index in [0.717, 1.165) is 11.6 Å². The van der Waals surface area contributed by atoms with Crippen molar-refractivity contribution >= 4 is 5.84 Å². The van der Waals surface area contributed by atoms with E-state index >= 15 is 0 Å². The van der Waals surface area contributed by atoms with Gasteiger partial charge in [0.05, 0.1) is 5.84 Å². The molecule has 3 nitrogen and oxygen atoms in total. The van der Waals surface area contributed by atoms with Gasteiger partial charge in [0.2, 0.25) is 0 Å². The molecule has 1 aromatic carbocycles. The second-order valence-corrected chi connectivity index (χ2v) is 4.90. The highest BCUT2D eigenvalue weighted by molar-refractivity contribution is 5.83. The summed E-state index contributed by atoms with van der Waals surface area (Å²) in [7, 11) is 0. The Morgan fingerprint density at radius 1 is 1.24 bits per heavy atom. The van der Waals surface area contributed by atoms with E-state index in [1.165, 1.54) is 31.2 Å². The minimum Gasteiger partial charge on any atom is -0.491 e. The Labute approximate surface area is 102 Å². The molecule has 90 valence electrons.